The first-order valence-corrected chi connectivity index (χ1v) is 15.2. The first kappa shape index (κ1) is 30.3. The zero-order valence-electron chi connectivity index (χ0n) is 24.7. The molecule has 9 heteroatoms. The van der Waals surface area contributed by atoms with Crippen molar-refractivity contribution in [2.24, 2.45) is 7.05 Å². The molecular formula is C32H40N2O6S. The number of aromatic nitrogens is 1. The average molecular weight is 581 g/mol. The fraction of sp³-hybridized carbons (Fsp3) is 0.375. The van der Waals surface area contributed by atoms with Gasteiger partial charge in [0.1, 0.15) is 16.5 Å². The molecule has 0 saturated carbocycles. The van der Waals surface area contributed by atoms with Crippen LogP contribution in [0.5, 0.6) is 23.0 Å². The van der Waals surface area contributed by atoms with E-state index in [2.05, 4.69) is 18.0 Å². The lowest BCUT2D eigenvalue weighted by Gasteiger charge is -2.17. The number of sulfone groups is 1. The monoisotopic (exact) mass is 580 g/mol. The van der Waals surface area contributed by atoms with Gasteiger partial charge in [-0.05, 0) is 91.5 Å². The number of nitrogens with zero attached hydrogens (tertiary/aromatic N) is 2. The topological polar surface area (TPSA) is 90.2 Å². The second-order valence-corrected chi connectivity index (χ2v) is 12.4. The van der Waals surface area contributed by atoms with Gasteiger partial charge < -0.3 is 28.8 Å². The predicted octanol–water partition coefficient (Wildman–Crippen LogP) is 5.80. The number of hydrogen-bond acceptors (Lipinski definition) is 7. The second-order valence-electron chi connectivity index (χ2n) is 10.6. The van der Waals surface area contributed by atoms with E-state index in [1.165, 1.54) is 5.56 Å². The third-order valence-electron chi connectivity index (χ3n) is 7.32. The maximum atomic E-state index is 13.8. The molecule has 0 bridgehead atoms. The number of hydrogen-bond donors (Lipinski definition) is 1. The van der Waals surface area contributed by atoms with Gasteiger partial charge in [0, 0.05) is 31.0 Å². The van der Waals surface area contributed by atoms with Crippen LogP contribution in [0.3, 0.4) is 0 Å². The molecule has 1 aromatic heterocycles. The smallest absolute Gasteiger partial charge is 0.222 e. The Hall–Kier alpha value is -3.69. The van der Waals surface area contributed by atoms with Gasteiger partial charge in [-0.25, -0.2) is 8.42 Å². The van der Waals surface area contributed by atoms with Crippen molar-refractivity contribution in [3.8, 4) is 23.0 Å². The molecule has 0 aliphatic carbocycles. The molecule has 220 valence electrons. The minimum absolute atomic E-state index is 0.0509. The summed E-state index contributed by atoms with van der Waals surface area (Å²) in [7, 11) is 3.30. The van der Waals surface area contributed by atoms with E-state index in [0.29, 0.717) is 17.9 Å². The van der Waals surface area contributed by atoms with Crippen molar-refractivity contribution in [3.63, 3.8) is 0 Å². The number of aromatic hydroxyl groups is 1. The number of rotatable bonds is 13. The lowest BCUT2D eigenvalue weighted by molar-refractivity contribution is 0.264. The number of likely N-dealkylation sites (N-methyl/N-ethyl adjacent to an activating group) is 1. The van der Waals surface area contributed by atoms with Gasteiger partial charge in [-0.3, -0.25) is 0 Å². The molecule has 8 nitrogen and oxygen atoms in total. The van der Waals surface area contributed by atoms with Gasteiger partial charge in [0.2, 0.25) is 9.84 Å². The van der Waals surface area contributed by atoms with Crippen LogP contribution < -0.4 is 14.2 Å². The lowest BCUT2D eigenvalue weighted by atomic mass is 10.0. The summed E-state index contributed by atoms with van der Waals surface area (Å²) in [5, 5.41) is 11.0. The van der Waals surface area contributed by atoms with E-state index in [9.17, 15) is 13.5 Å². The third-order valence-corrected chi connectivity index (χ3v) is 9.21. The van der Waals surface area contributed by atoms with Crippen LogP contribution in [0.1, 0.15) is 37.3 Å². The molecule has 1 heterocycles. The van der Waals surface area contributed by atoms with Gasteiger partial charge in [0.15, 0.2) is 11.5 Å². The molecule has 0 radical (unpaired) electrons. The third kappa shape index (κ3) is 6.63. The predicted molar refractivity (Wildman–Crippen MR) is 161 cm³/mol. The molecule has 3 aromatic carbocycles. The number of phenols is 1. The number of ether oxygens (including phenoxy) is 3. The summed E-state index contributed by atoms with van der Waals surface area (Å²) in [6.45, 7) is 6.21. The SMILES string of the molecule is COc1ccc(CCN(C)CCCOc2ccc(S(=O)(=O)c3c(C(C)C)c4cc(O)ccc4n3C)cc2)cc1OC. The lowest BCUT2D eigenvalue weighted by Crippen LogP contribution is -2.23. The molecule has 41 heavy (non-hydrogen) atoms. The Bertz CT molecular complexity index is 1590. The largest absolute Gasteiger partial charge is 0.508 e. The van der Waals surface area contributed by atoms with Crippen molar-refractivity contribution >= 4 is 20.7 Å². The molecule has 4 aromatic rings. The Balaban J connectivity index is 1.34. The van der Waals surface area contributed by atoms with Crippen LogP contribution in [0, 0.1) is 0 Å². The Morgan fingerprint density at radius 1 is 0.927 bits per heavy atom. The fourth-order valence-corrected chi connectivity index (χ4v) is 6.95. The average Bonchev–Trinajstić information content (AvgIpc) is 3.26. The van der Waals surface area contributed by atoms with Crippen molar-refractivity contribution in [1.29, 1.82) is 0 Å². The fourth-order valence-electron chi connectivity index (χ4n) is 5.14. The van der Waals surface area contributed by atoms with E-state index in [-0.39, 0.29) is 21.6 Å². The summed E-state index contributed by atoms with van der Waals surface area (Å²) in [6.07, 6.45) is 1.73. The summed E-state index contributed by atoms with van der Waals surface area (Å²) in [4.78, 5) is 2.46. The number of fused-ring (bicyclic) bond motifs is 1. The van der Waals surface area contributed by atoms with Crippen LogP contribution in [-0.2, 0) is 23.3 Å². The van der Waals surface area contributed by atoms with Crippen LogP contribution in [0.2, 0.25) is 0 Å². The standard InChI is InChI=1S/C32H40N2O6S/c1-22(2)31-27-21-24(35)9-14-28(27)34(4)32(31)41(36,37)26-12-10-25(11-13-26)40-19-7-17-33(3)18-16-23-8-15-29(38-5)30(20-23)39-6/h8-15,20-22,35H,7,16-19H2,1-6H3. The highest BCUT2D eigenvalue weighted by molar-refractivity contribution is 7.91. The Labute approximate surface area is 243 Å². The maximum Gasteiger partial charge on any atom is 0.222 e. The van der Waals surface area contributed by atoms with Crippen molar-refractivity contribution in [2.45, 2.75) is 42.5 Å². The zero-order valence-corrected chi connectivity index (χ0v) is 25.5. The first-order valence-electron chi connectivity index (χ1n) is 13.8. The number of aryl methyl sites for hydroxylation is 1. The first-order chi connectivity index (χ1) is 19.6. The van der Waals surface area contributed by atoms with Crippen LogP contribution >= 0.6 is 0 Å². The van der Waals surface area contributed by atoms with Crippen LogP contribution in [0.15, 0.2) is 70.6 Å². The molecular weight excluding hydrogens is 540 g/mol. The van der Waals surface area contributed by atoms with E-state index in [4.69, 9.17) is 14.2 Å². The summed E-state index contributed by atoms with van der Waals surface area (Å²) >= 11 is 0. The Kier molecular flexibility index (Phi) is 9.50. The Morgan fingerprint density at radius 3 is 2.29 bits per heavy atom. The number of phenolic OH excluding ortho intramolecular Hbond substituents is 1. The number of benzene rings is 3. The molecule has 0 atom stereocenters. The summed E-state index contributed by atoms with van der Waals surface area (Å²) in [5.41, 5.74) is 2.65. The Morgan fingerprint density at radius 2 is 1.63 bits per heavy atom. The van der Waals surface area contributed by atoms with Gasteiger partial charge >= 0.3 is 0 Å². The molecule has 0 aliphatic heterocycles. The summed E-state index contributed by atoms with van der Waals surface area (Å²) < 4.78 is 45.8. The van der Waals surface area contributed by atoms with Crippen molar-refractivity contribution in [1.82, 2.24) is 9.47 Å². The molecule has 0 amide bonds. The van der Waals surface area contributed by atoms with E-state index in [0.717, 1.165) is 48.3 Å². The molecule has 0 spiro atoms. The van der Waals surface area contributed by atoms with Gasteiger partial charge in [-0.2, -0.15) is 0 Å². The van der Waals surface area contributed by atoms with Gasteiger partial charge in [-0.1, -0.05) is 19.9 Å². The van der Waals surface area contributed by atoms with E-state index in [1.54, 1.807) is 68.3 Å². The highest BCUT2D eigenvalue weighted by atomic mass is 32.2. The summed E-state index contributed by atoms with van der Waals surface area (Å²) in [6, 6.07) is 17.5. The van der Waals surface area contributed by atoms with Crippen molar-refractivity contribution < 1.29 is 27.7 Å². The zero-order chi connectivity index (χ0) is 29.7. The van der Waals surface area contributed by atoms with Gasteiger partial charge in [-0.15, -0.1) is 0 Å². The van der Waals surface area contributed by atoms with E-state index >= 15 is 0 Å². The quantitative estimate of drug-likeness (QED) is 0.200. The van der Waals surface area contributed by atoms with Crippen LogP contribution in [0.25, 0.3) is 10.9 Å². The van der Waals surface area contributed by atoms with Gasteiger partial charge in [0.25, 0.3) is 0 Å². The molecule has 0 saturated heterocycles. The molecule has 0 fully saturated rings. The highest BCUT2D eigenvalue weighted by Gasteiger charge is 2.29. The van der Waals surface area contributed by atoms with Crippen LogP contribution in [-0.4, -0.2) is 64.0 Å². The molecule has 1 N–H and O–H groups in total. The van der Waals surface area contributed by atoms with Crippen LogP contribution in [0.4, 0.5) is 0 Å². The second kappa shape index (κ2) is 12.9. The van der Waals surface area contributed by atoms with E-state index < -0.39 is 9.84 Å². The maximum absolute atomic E-state index is 13.8. The molecule has 0 aliphatic rings. The minimum atomic E-state index is -3.81. The van der Waals surface area contributed by atoms with Crippen molar-refractivity contribution in [3.05, 3.63) is 71.8 Å². The normalized spacial score (nSPS) is 11.9. The molecule has 0 unspecified atom stereocenters. The minimum Gasteiger partial charge on any atom is -0.508 e. The molecule has 4 rings (SSSR count). The van der Waals surface area contributed by atoms with E-state index in [1.807, 2.05) is 26.0 Å². The number of methoxy groups -OCH3 is 2. The summed E-state index contributed by atoms with van der Waals surface area (Å²) in [5.74, 6) is 2.15. The van der Waals surface area contributed by atoms with Crippen molar-refractivity contribution in [2.75, 3.05) is 41.0 Å². The van der Waals surface area contributed by atoms with Gasteiger partial charge in [0.05, 0.1) is 25.7 Å². The highest BCUT2D eigenvalue weighted by Crippen LogP contribution is 2.38.